The van der Waals surface area contributed by atoms with Crippen molar-refractivity contribution in [2.24, 2.45) is 5.84 Å². The minimum absolute atomic E-state index is 0.263. The Morgan fingerprint density at radius 1 is 1.62 bits per heavy atom. The maximum absolute atomic E-state index is 11.2. The highest BCUT2D eigenvalue weighted by Crippen LogP contribution is 2.24. The molecular weight excluding hydrogens is 246 g/mol. The normalized spacial score (nSPS) is 10.3. The summed E-state index contributed by atoms with van der Waals surface area (Å²) in [6.45, 7) is 0. The second-order valence-electron chi connectivity index (χ2n) is 2.82. The highest BCUT2D eigenvalue weighted by molar-refractivity contribution is 7.98. The Bertz CT molecular complexity index is 466. The van der Waals surface area contributed by atoms with Gasteiger partial charge in [0.25, 0.3) is 5.91 Å². The largest absolute Gasteiger partial charge is 0.289 e. The molecule has 2 rings (SSSR count). The molecule has 0 aliphatic rings. The predicted molar refractivity (Wildman–Crippen MR) is 61.9 cm³/mol. The van der Waals surface area contributed by atoms with Crippen molar-refractivity contribution in [3.05, 3.63) is 28.2 Å². The van der Waals surface area contributed by atoms with Gasteiger partial charge < -0.3 is 0 Å². The van der Waals surface area contributed by atoms with Crippen LogP contribution in [0.4, 0.5) is 0 Å². The fourth-order valence-electron chi connectivity index (χ4n) is 1.05. The number of thioether (sulfide) groups is 1. The van der Waals surface area contributed by atoms with Crippen molar-refractivity contribution in [1.82, 2.24) is 20.6 Å². The Kier molecular flexibility index (Phi) is 3.54. The third-order valence-electron chi connectivity index (χ3n) is 1.76. The topological polar surface area (TPSA) is 96.7 Å². The maximum atomic E-state index is 11.2. The lowest BCUT2D eigenvalue weighted by molar-refractivity contribution is 0.0957. The molecule has 2 aromatic heterocycles. The first-order valence-electron chi connectivity index (χ1n) is 4.37. The van der Waals surface area contributed by atoms with Gasteiger partial charge in [0, 0.05) is 10.6 Å². The van der Waals surface area contributed by atoms with Crippen LogP contribution in [0.2, 0.25) is 0 Å². The van der Waals surface area contributed by atoms with Crippen molar-refractivity contribution in [2.45, 2.75) is 10.9 Å². The summed E-state index contributed by atoms with van der Waals surface area (Å²) >= 11 is 2.94. The van der Waals surface area contributed by atoms with Crippen LogP contribution in [0.5, 0.6) is 0 Å². The van der Waals surface area contributed by atoms with Crippen molar-refractivity contribution in [2.75, 3.05) is 0 Å². The Morgan fingerprint density at radius 3 is 3.19 bits per heavy atom. The Labute approximate surface area is 99.6 Å². The molecule has 2 heterocycles. The summed E-state index contributed by atoms with van der Waals surface area (Å²) in [5, 5.41) is 7.26. The number of nitrogen functional groups attached to an aromatic ring is 1. The van der Waals surface area contributed by atoms with Crippen molar-refractivity contribution >= 4 is 29.0 Å². The first-order chi connectivity index (χ1) is 7.79. The quantitative estimate of drug-likeness (QED) is 0.324. The number of hydrogen-bond donors (Lipinski definition) is 3. The van der Waals surface area contributed by atoms with Gasteiger partial charge in [0.1, 0.15) is 6.33 Å². The first-order valence-corrected chi connectivity index (χ1v) is 6.17. The molecule has 0 spiro atoms. The zero-order valence-corrected chi connectivity index (χ0v) is 9.77. The van der Waals surface area contributed by atoms with Crippen LogP contribution in [0.3, 0.4) is 0 Å². The van der Waals surface area contributed by atoms with Gasteiger partial charge in [0.2, 0.25) is 0 Å². The number of carbonyl (C=O) groups is 1. The third kappa shape index (κ3) is 2.60. The van der Waals surface area contributed by atoms with Gasteiger partial charge in [-0.3, -0.25) is 15.3 Å². The molecule has 2 aromatic rings. The smallest absolute Gasteiger partial charge is 0.275 e. The fraction of sp³-hybridized carbons (Fsp3) is 0.125. The standard InChI is InChI=1S/C8H9N5OS2/c9-12-7(14)6-2-1-5(16-6)3-15-8-10-4-11-13-8/h1-2,4H,3,9H2,(H,12,14)(H,10,11,13). The average Bonchev–Trinajstić information content (AvgIpc) is 2.96. The van der Waals surface area contributed by atoms with Crippen LogP contribution < -0.4 is 11.3 Å². The lowest BCUT2D eigenvalue weighted by Crippen LogP contribution is -2.29. The second-order valence-corrected chi connectivity index (χ2v) is 4.95. The van der Waals surface area contributed by atoms with E-state index in [1.54, 1.807) is 6.07 Å². The molecule has 8 heteroatoms. The van der Waals surface area contributed by atoms with E-state index in [0.717, 1.165) is 15.8 Å². The molecule has 0 atom stereocenters. The van der Waals surface area contributed by atoms with E-state index < -0.39 is 0 Å². The molecule has 6 nitrogen and oxygen atoms in total. The molecule has 0 fully saturated rings. The van der Waals surface area contributed by atoms with Gasteiger partial charge in [-0.05, 0) is 12.1 Å². The minimum Gasteiger partial charge on any atom is -0.289 e. The number of amides is 1. The van der Waals surface area contributed by atoms with Gasteiger partial charge in [-0.25, -0.2) is 10.8 Å². The summed E-state index contributed by atoms with van der Waals surface area (Å²) in [4.78, 5) is 16.9. The molecule has 4 N–H and O–H groups in total. The highest BCUT2D eigenvalue weighted by Gasteiger charge is 2.08. The molecule has 16 heavy (non-hydrogen) atoms. The zero-order chi connectivity index (χ0) is 11.4. The molecule has 0 aliphatic heterocycles. The molecule has 0 saturated heterocycles. The first kappa shape index (κ1) is 11.1. The number of nitrogens with one attached hydrogen (secondary N) is 2. The van der Waals surface area contributed by atoms with E-state index in [-0.39, 0.29) is 5.91 Å². The van der Waals surface area contributed by atoms with Gasteiger partial charge in [-0.1, -0.05) is 11.8 Å². The van der Waals surface area contributed by atoms with E-state index in [0.29, 0.717) is 4.88 Å². The number of nitrogens with two attached hydrogens (primary N) is 1. The number of aromatic amines is 1. The number of nitrogens with zero attached hydrogens (tertiary/aromatic N) is 2. The molecule has 0 saturated carbocycles. The van der Waals surface area contributed by atoms with Crippen molar-refractivity contribution in [3.63, 3.8) is 0 Å². The molecule has 0 aliphatic carbocycles. The van der Waals surface area contributed by atoms with Crippen LogP contribution in [0.15, 0.2) is 23.6 Å². The average molecular weight is 255 g/mol. The number of thiophene rings is 1. The van der Waals surface area contributed by atoms with Crippen molar-refractivity contribution in [1.29, 1.82) is 0 Å². The Morgan fingerprint density at radius 2 is 2.50 bits per heavy atom. The summed E-state index contributed by atoms with van der Waals surface area (Å²) < 4.78 is 0. The summed E-state index contributed by atoms with van der Waals surface area (Å²) in [6, 6.07) is 3.65. The number of carbonyl (C=O) groups excluding carboxylic acids is 1. The summed E-state index contributed by atoms with van der Waals surface area (Å²) in [5.41, 5.74) is 2.10. The number of hydrogen-bond acceptors (Lipinski definition) is 6. The molecule has 84 valence electrons. The lowest BCUT2D eigenvalue weighted by Gasteiger charge is -1.94. The second kappa shape index (κ2) is 5.10. The van der Waals surface area contributed by atoms with Crippen LogP contribution in [0, 0.1) is 0 Å². The van der Waals surface area contributed by atoms with Crippen LogP contribution in [0.25, 0.3) is 0 Å². The molecule has 0 unspecified atom stereocenters. The van der Waals surface area contributed by atoms with E-state index in [1.165, 1.54) is 29.4 Å². The molecule has 0 radical (unpaired) electrons. The van der Waals surface area contributed by atoms with Crippen LogP contribution in [-0.2, 0) is 5.75 Å². The number of hydrazine groups is 1. The van der Waals surface area contributed by atoms with Gasteiger partial charge in [0.05, 0.1) is 4.88 Å². The highest BCUT2D eigenvalue weighted by atomic mass is 32.2. The summed E-state index contributed by atoms with van der Waals surface area (Å²) in [6.07, 6.45) is 1.46. The van der Waals surface area contributed by atoms with Gasteiger partial charge in [-0.15, -0.1) is 11.3 Å². The maximum Gasteiger partial charge on any atom is 0.275 e. The fourth-order valence-corrected chi connectivity index (χ4v) is 2.78. The summed E-state index contributed by atoms with van der Waals surface area (Å²) in [5.74, 6) is 5.53. The van der Waals surface area contributed by atoms with Crippen molar-refractivity contribution < 1.29 is 4.79 Å². The third-order valence-corrected chi connectivity index (χ3v) is 3.95. The molecular formula is C8H9N5OS2. The van der Waals surface area contributed by atoms with Crippen LogP contribution >= 0.6 is 23.1 Å². The Balaban J connectivity index is 1.95. The SMILES string of the molecule is NNC(=O)c1ccc(CSc2ncn[nH]2)s1. The zero-order valence-electron chi connectivity index (χ0n) is 8.14. The van der Waals surface area contributed by atoms with Crippen LogP contribution in [0.1, 0.15) is 14.5 Å². The molecule has 1 amide bonds. The number of rotatable bonds is 4. The predicted octanol–water partition coefficient (Wildman–Crippen LogP) is 0.762. The monoisotopic (exact) mass is 255 g/mol. The van der Waals surface area contributed by atoms with E-state index in [2.05, 4.69) is 20.6 Å². The lowest BCUT2D eigenvalue weighted by atomic mass is 10.4. The van der Waals surface area contributed by atoms with E-state index in [1.807, 2.05) is 6.07 Å². The molecule has 0 bridgehead atoms. The van der Waals surface area contributed by atoms with Gasteiger partial charge >= 0.3 is 0 Å². The number of aromatic nitrogens is 3. The van der Waals surface area contributed by atoms with Crippen molar-refractivity contribution in [3.8, 4) is 0 Å². The molecule has 0 aromatic carbocycles. The van der Waals surface area contributed by atoms with E-state index in [9.17, 15) is 4.79 Å². The minimum atomic E-state index is -0.263. The van der Waals surface area contributed by atoms with Gasteiger partial charge in [-0.2, -0.15) is 5.10 Å². The summed E-state index contributed by atoms with van der Waals surface area (Å²) in [7, 11) is 0. The van der Waals surface area contributed by atoms with E-state index >= 15 is 0 Å². The number of H-pyrrole nitrogens is 1. The Hall–Kier alpha value is -1.38. The van der Waals surface area contributed by atoms with E-state index in [4.69, 9.17) is 5.84 Å². The van der Waals surface area contributed by atoms with Gasteiger partial charge in [0.15, 0.2) is 5.16 Å². The van der Waals surface area contributed by atoms with Crippen LogP contribution in [-0.4, -0.2) is 21.1 Å².